The van der Waals surface area contributed by atoms with Gasteiger partial charge in [-0.25, -0.2) is 4.79 Å². The van der Waals surface area contributed by atoms with Gasteiger partial charge in [-0.15, -0.1) is 0 Å². The van der Waals surface area contributed by atoms with E-state index in [1.54, 1.807) is 0 Å². The Bertz CT molecular complexity index is 165. The summed E-state index contributed by atoms with van der Waals surface area (Å²) in [5.74, 6) is 5.09. The molecule has 78 valence electrons. The third-order valence-electron chi connectivity index (χ3n) is 1.19. The van der Waals surface area contributed by atoms with Crippen molar-refractivity contribution in [2.75, 3.05) is 6.54 Å². The highest BCUT2D eigenvalue weighted by atomic mass is 16.6. The van der Waals surface area contributed by atoms with Crippen LogP contribution in [0.3, 0.4) is 0 Å². The fourth-order valence-electron chi connectivity index (χ4n) is 0.737. The number of hydrogen-bond acceptors (Lipinski definition) is 4. The fourth-order valence-corrected chi connectivity index (χ4v) is 0.737. The lowest BCUT2D eigenvalue weighted by Gasteiger charge is -2.21. The zero-order valence-corrected chi connectivity index (χ0v) is 8.68. The van der Waals surface area contributed by atoms with E-state index in [0.29, 0.717) is 6.54 Å². The van der Waals surface area contributed by atoms with Crippen LogP contribution in [0.5, 0.6) is 0 Å². The molecule has 0 aliphatic rings. The number of hydrogen-bond donors (Lipinski definition) is 3. The van der Waals surface area contributed by atoms with Gasteiger partial charge >= 0.3 is 6.09 Å². The lowest BCUT2D eigenvalue weighted by molar-refractivity contribution is 0.0508. The summed E-state index contributed by atoms with van der Waals surface area (Å²) in [6.07, 6.45) is -0.421. The molecule has 0 aliphatic carbocycles. The Morgan fingerprint density at radius 3 is 2.46 bits per heavy atom. The quantitative estimate of drug-likeness (QED) is 0.442. The molecule has 0 saturated carbocycles. The number of carbonyl (C=O) groups excluding carboxylic acids is 1. The van der Waals surface area contributed by atoms with Crippen molar-refractivity contribution in [3.05, 3.63) is 0 Å². The summed E-state index contributed by atoms with van der Waals surface area (Å²) >= 11 is 0. The smallest absolute Gasteiger partial charge is 0.407 e. The van der Waals surface area contributed by atoms with E-state index in [-0.39, 0.29) is 6.04 Å². The third-order valence-corrected chi connectivity index (χ3v) is 1.19. The van der Waals surface area contributed by atoms with Crippen LogP contribution in [-0.4, -0.2) is 24.3 Å². The average molecular weight is 189 g/mol. The van der Waals surface area contributed by atoms with Gasteiger partial charge < -0.3 is 10.1 Å². The van der Waals surface area contributed by atoms with E-state index in [2.05, 4.69) is 10.7 Å². The second kappa shape index (κ2) is 5.04. The first kappa shape index (κ1) is 12.2. The molecular weight excluding hydrogens is 170 g/mol. The number of nitrogens with two attached hydrogens (primary N) is 1. The van der Waals surface area contributed by atoms with E-state index < -0.39 is 11.7 Å². The molecule has 0 saturated heterocycles. The monoisotopic (exact) mass is 189 g/mol. The summed E-state index contributed by atoms with van der Waals surface area (Å²) in [6.45, 7) is 7.80. The number of amides is 1. The van der Waals surface area contributed by atoms with Crippen LogP contribution in [0, 0.1) is 0 Å². The lowest BCUT2D eigenvalue weighted by Crippen LogP contribution is -2.44. The van der Waals surface area contributed by atoms with Crippen LogP contribution in [0.1, 0.15) is 27.7 Å². The Balaban J connectivity index is 3.74. The molecule has 0 spiro atoms. The van der Waals surface area contributed by atoms with Gasteiger partial charge in [0.2, 0.25) is 0 Å². The van der Waals surface area contributed by atoms with Crippen molar-refractivity contribution in [1.82, 2.24) is 10.7 Å². The molecule has 0 heterocycles. The second-order valence-corrected chi connectivity index (χ2v) is 3.96. The molecule has 0 aromatic heterocycles. The van der Waals surface area contributed by atoms with Gasteiger partial charge in [0.1, 0.15) is 5.60 Å². The van der Waals surface area contributed by atoms with Crippen LogP contribution < -0.4 is 16.6 Å². The van der Waals surface area contributed by atoms with E-state index >= 15 is 0 Å². The molecule has 0 bridgehead atoms. The molecule has 0 aromatic rings. The predicted octanol–water partition coefficient (Wildman–Crippen LogP) is 0.363. The zero-order chi connectivity index (χ0) is 10.5. The Morgan fingerprint density at radius 1 is 1.54 bits per heavy atom. The number of carbonyl (C=O) groups is 1. The Kier molecular flexibility index (Phi) is 4.72. The van der Waals surface area contributed by atoms with Gasteiger partial charge in [-0.1, -0.05) is 0 Å². The standard InChI is InChI=1S/C8H19N3O2/c1-6(5-10-9)11-7(12)13-8(2,3)4/h6,10H,5,9H2,1-4H3,(H,11,12). The maximum absolute atomic E-state index is 11.1. The molecule has 13 heavy (non-hydrogen) atoms. The van der Waals surface area contributed by atoms with Crippen molar-refractivity contribution in [2.45, 2.75) is 39.3 Å². The molecule has 0 rings (SSSR count). The van der Waals surface area contributed by atoms with Crippen molar-refractivity contribution in [1.29, 1.82) is 0 Å². The molecule has 1 atom stereocenters. The Morgan fingerprint density at radius 2 is 2.08 bits per heavy atom. The molecule has 5 heteroatoms. The molecule has 1 amide bonds. The van der Waals surface area contributed by atoms with E-state index in [1.165, 1.54) is 0 Å². The predicted molar refractivity (Wildman–Crippen MR) is 51.0 cm³/mol. The highest BCUT2D eigenvalue weighted by Crippen LogP contribution is 2.06. The molecule has 0 aliphatic heterocycles. The third kappa shape index (κ3) is 7.55. The first-order chi connectivity index (χ1) is 5.85. The van der Waals surface area contributed by atoms with Gasteiger partial charge in [0, 0.05) is 12.6 Å². The van der Waals surface area contributed by atoms with Crippen molar-refractivity contribution < 1.29 is 9.53 Å². The number of rotatable bonds is 3. The van der Waals surface area contributed by atoms with Gasteiger partial charge in [0.25, 0.3) is 0 Å². The van der Waals surface area contributed by atoms with E-state index in [1.807, 2.05) is 27.7 Å². The van der Waals surface area contributed by atoms with Gasteiger partial charge in [-0.2, -0.15) is 0 Å². The van der Waals surface area contributed by atoms with Crippen LogP contribution in [0.4, 0.5) is 4.79 Å². The summed E-state index contributed by atoms with van der Waals surface area (Å²) in [5.41, 5.74) is 2.01. The lowest BCUT2D eigenvalue weighted by atomic mass is 10.2. The highest BCUT2D eigenvalue weighted by molar-refractivity contribution is 5.68. The van der Waals surface area contributed by atoms with Crippen LogP contribution in [-0.2, 0) is 4.74 Å². The topological polar surface area (TPSA) is 76.4 Å². The number of nitrogens with one attached hydrogen (secondary N) is 2. The minimum absolute atomic E-state index is 0.0418. The van der Waals surface area contributed by atoms with Crippen LogP contribution in [0.25, 0.3) is 0 Å². The number of ether oxygens (including phenoxy) is 1. The molecule has 1 unspecified atom stereocenters. The maximum Gasteiger partial charge on any atom is 0.407 e. The van der Waals surface area contributed by atoms with Crippen molar-refractivity contribution >= 4 is 6.09 Å². The van der Waals surface area contributed by atoms with Gasteiger partial charge in [0.05, 0.1) is 0 Å². The SMILES string of the molecule is CC(CNN)NC(=O)OC(C)(C)C. The summed E-state index contributed by atoms with van der Waals surface area (Å²) in [6, 6.07) is -0.0418. The fraction of sp³-hybridized carbons (Fsp3) is 0.875. The zero-order valence-electron chi connectivity index (χ0n) is 8.68. The van der Waals surface area contributed by atoms with E-state index in [4.69, 9.17) is 10.6 Å². The van der Waals surface area contributed by atoms with Crippen LogP contribution >= 0.6 is 0 Å². The van der Waals surface area contributed by atoms with Crippen molar-refractivity contribution in [3.8, 4) is 0 Å². The Hall–Kier alpha value is -0.810. The summed E-state index contributed by atoms with van der Waals surface area (Å²) < 4.78 is 5.04. The highest BCUT2D eigenvalue weighted by Gasteiger charge is 2.17. The minimum Gasteiger partial charge on any atom is -0.444 e. The van der Waals surface area contributed by atoms with Gasteiger partial charge in [-0.05, 0) is 27.7 Å². The van der Waals surface area contributed by atoms with Gasteiger partial charge in [0.15, 0.2) is 0 Å². The number of alkyl carbamates (subject to hydrolysis) is 1. The molecular formula is C8H19N3O2. The van der Waals surface area contributed by atoms with Crippen LogP contribution in [0.2, 0.25) is 0 Å². The maximum atomic E-state index is 11.1. The Labute approximate surface area is 79.0 Å². The molecule has 0 aromatic carbocycles. The largest absolute Gasteiger partial charge is 0.444 e. The molecule has 0 radical (unpaired) electrons. The van der Waals surface area contributed by atoms with E-state index in [9.17, 15) is 4.79 Å². The summed E-state index contributed by atoms with van der Waals surface area (Å²) in [5, 5.41) is 2.63. The normalized spacial score (nSPS) is 13.6. The van der Waals surface area contributed by atoms with Crippen molar-refractivity contribution in [2.24, 2.45) is 5.84 Å². The minimum atomic E-state index is -0.458. The second-order valence-electron chi connectivity index (χ2n) is 3.96. The first-order valence-electron chi connectivity index (χ1n) is 4.28. The number of hydrazine groups is 1. The molecule has 4 N–H and O–H groups in total. The van der Waals surface area contributed by atoms with Crippen molar-refractivity contribution in [3.63, 3.8) is 0 Å². The van der Waals surface area contributed by atoms with Gasteiger partial charge in [-0.3, -0.25) is 11.3 Å². The average Bonchev–Trinajstić information content (AvgIpc) is 1.81. The summed E-state index contributed by atoms with van der Waals surface area (Å²) in [4.78, 5) is 11.1. The summed E-state index contributed by atoms with van der Waals surface area (Å²) in [7, 11) is 0. The molecule has 0 fully saturated rings. The van der Waals surface area contributed by atoms with Crippen LogP contribution in [0.15, 0.2) is 0 Å². The molecule has 5 nitrogen and oxygen atoms in total. The first-order valence-corrected chi connectivity index (χ1v) is 4.28. The van der Waals surface area contributed by atoms with E-state index in [0.717, 1.165) is 0 Å².